The summed E-state index contributed by atoms with van der Waals surface area (Å²) in [7, 11) is 0. The van der Waals surface area contributed by atoms with Crippen molar-refractivity contribution in [2.24, 2.45) is 11.8 Å². The number of amides is 1. The van der Waals surface area contributed by atoms with E-state index >= 15 is 0 Å². The molecule has 0 bridgehead atoms. The molecule has 32 heavy (non-hydrogen) atoms. The number of hydrogen-bond donors (Lipinski definition) is 2. The number of carbonyl (C=O) groups excluding carboxylic acids is 1. The van der Waals surface area contributed by atoms with Gasteiger partial charge in [-0.1, -0.05) is 12.8 Å². The van der Waals surface area contributed by atoms with Gasteiger partial charge in [0, 0.05) is 28.6 Å². The number of nitrogens with one attached hydrogen (secondary N) is 2. The van der Waals surface area contributed by atoms with Crippen LogP contribution in [-0.2, 0) is 4.79 Å². The van der Waals surface area contributed by atoms with Crippen molar-refractivity contribution < 1.29 is 13.3 Å². The highest BCUT2D eigenvalue weighted by Gasteiger charge is 2.39. The molecular weight excluding hydrogens is 409 g/mol. The van der Waals surface area contributed by atoms with Crippen LogP contribution in [0.4, 0.5) is 21.7 Å². The number of hydrogen-bond acceptors (Lipinski definition) is 7. The fraction of sp³-hybridized carbons (Fsp3) is 0.348. The number of fused-ring (bicyclic) bond motifs is 1. The largest absolute Gasteiger partial charge is 0.371 e. The Hall–Kier alpha value is -3.80. The van der Waals surface area contributed by atoms with Crippen molar-refractivity contribution in [3.8, 4) is 11.8 Å². The molecule has 2 fully saturated rings. The lowest BCUT2D eigenvalue weighted by Gasteiger charge is -2.36. The van der Waals surface area contributed by atoms with Gasteiger partial charge in [0.05, 0.1) is 30.5 Å². The first-order valence-electron chi connectivity index (χ1n) is 11.8. The topological polar surface area (TPSA) is 95.9 Å². The average molecular weight is 434 g/mol. The van der Waals surface area contributed by atoms with Crippen molar-refractivity contribution in [2.45, 2.75) is 19.5 Å². The predicted octanol–water partition coefficient (Wildman–Crippen LogP) is 2.61. The number of rotatable bonds is 4. The van der Waals surface area contributed by atoms with E-state index in [1.54, 1.807) is 18.3 Å². The van der Waals surface area contributed by atoms with E-state index in [1.807, 2.05) is 17.9 Å². The first kappa shape index (κ1) is 16.8. The van der Waals surface area contributed by atoms with Crippen molar-refractivity contribution in [1.29, 1.82) is 0 Å². The number of anilines is 3. The summed E-state index contributed by atoms with van der Waals surface area (Å²) in [6.07, 6.45) is 3.12. The van der Waals surface area contributed by atoms with E-state index in [-0.39, 0.29) is 29.0 Å². The molecule has 1 amide bonds. The van der Waals surface area contributed by atoms with Crippen LogP contribution in [0.15, 0.2) is 30.6 Å². The molecule has 0 unspecified atom stereocenters. The van der Waals surface area contributed by atoms with Crippen LogP contribution in [0, 0.1) is 23.7 Å². The summed E-state index contributed by atoms with van der Waals surface area (Å²) in [5, 5.41) is 13.8. The van der Waals surface area contributed by atoms with Gasteiger partial charge in [-0.25, -0.2) is 14.4 Å². The molecule has 2 aliphatic rings. The van der Waals surface area contributed by atoms with E-state index in [0.29, 0.717) is 35.7 Å². The second-order valence-electron chi connectivity index (χ2n) is 8.10. The third kappa shape index (κ3) is 3.91. The fourth-order valence-electron chi connectivity index (χ4n) is 3.60. The number of alkyl halides is 1. The number of carbonyl (C=O) groups is 1. The third-order valence-electron chi connectivity index (χ3n) is 5.72. The van der Waals surface area contributed by atoms with Crippen LogP contribution in [0.25, 0.3) is 10.9 Å². The SMILES string of the molecule is [2H]C([2H])([2H])Nc1ncc(C#Cc2ccc(N3CC(F)C3)cn2)c2cc(NC(=O)[C@H]3C[C@H]3C)nnc12. The molecule has 3 aromatic heterocycles. The molecule has 0 aromatic carbocycles. The number of nitrogens with zero attached hydrogens (tertiary/aromatic N) is 5. The van der Waals surface area contributed by atoms with Crippen molar-refractivity contribution in [3.05, 3.63) is 41.9 Å². The van der Waals surface area contributed by atoms with Gasteiger partial charge in [0.1, 0.15) is 17.4 Å². The fourth-order valence-corrected chi connectivity index (χ4v) is 3.60. The Labute approximate surface area is 188 Å². The van der Waals surface area contributed by atoms with Gasteiger partial charge in [-0.05, 0) is 36.5 Å². The van der Waals surface area contributed by atoms with Gasteiger partial charge in [-0.3, -0.25) is 4.79 Å². The molecule has 9 heteroatoms. The maximum atomic E-state index is 13.1. The van der Waals surface area contributed by atoms with Gasteiger partial charge < -0.3 is 15.5 Å². The molecule has 1 saturated heterocycles. The third-order valence-corrected chi connectivity index (χ3v) is 5.72. The summed E-state index contributed by atoms with van der Waals surface area (Å²) in [5.74, 6) is 6.42. The van der Waals surface area contributed by atoms with Crippen LogP contribution in [-0.4, -0.2) is 52.3 Å². The molecule has 0 spiro atoms. The summed E-state index contributed by atoms with van der Waals surface area (Å²) in [5.41, 5.74) is 2.02. The molecule has 5 rings (SSSR count). The Bertz CT molecular complexity index is 1350. The van der Waals surface area contributed by atoms with Gasteiger partial charge in [-0.2, -0.15) is 0 Å². The standard InChI is InChI=1S/C23H22FN7O/c1-13-7-18(13)23(32)28-20-8-19-14(9-27-22(25-2)21(19)30-29-20)3-4-16-5-6-17(10-26-16)31-11-15(24)12-31/h5-6,8-10,13,15,18H,7,11-12H2,1-2H3,(H,25,27)(H,28,29,32)/t13-,18+/m1/s1/i2D3. The van der Waals surface area contributed by atoms with Crippen LogP contribution in [0.2, 0.25) is 0 Å². The molecule has 1 aliphatic carbocycles. The number of aromatic nitrogens is 4. The lowest BCUT2D eigenvalue weighted by Crippen LogP contribution is -2.48. The molecular formula is C23H22FN7O. The van der Waals surface area contributed by atoms with Crippen LogP contribution in [0.5, 0.6) is 0 Å². The van der Waals surface area contributed by atoms with Crippen molar-refractivity contribution in [3.63, 3.8) is 0 Å². The minimum atomic E-state index is -2.48. The molecule has 2 atom stereocenters. The summed E-state index contributed by atoms with van der Waals surface area (Å²) < 4.78 is 35.6. The average Bonchev–Trinajstić information content (AvgIpc) is 3.52. The summed E-state index contributed by atoms with van der Waals surface area (Å²) in [6.45, 7) is 0.250. The summed E-state index contributed by atoms with van der Waals surface area (Å²) >= 11 is 0. The van der Waals surface area contributed by atoms with Gasteiger partial charge in [-0.15, -0.1) is 10.2 Å². The maximum absolute atomic E-state index is 13.1. The van der Waals surface area contributed by atoms with E-state index < -0.39 is 13.1 Å². The van der Waals surface area contributed by atoms with E-state index in [0.717, 1.165) is 12.1 Å². The van der Waals surface area contributed by atoms with Crippen LogP contribution in [0.3, 0.4) is 0 Å². The Kier molecular flexibility index (Phi) is 4.23. The predicted molar refractivity (Wildman–Crippen MR) is 120 cm³/mol. The molecule has 2 N–H and O–H groups in total. The quantitative estimate of drug-likeness (QED) is 0.610. The van der Waals surface area contributed by atoms with Crippen molar-refractivity contribution in [1.82, 2.24) is 20.2 Å². The minimum absolute atomic E-state index is 0.0370. The summed E-state index contributed by atoms with van der Waals surface area (Å²) in [4.78, 5) is 22.7. The summed E-state index contributed by atoms with van der Waals surface area (Å²) in [6, 6.07) is 5.19. The van der Waals surface area contributed by atoms with Crippen LogP contribution < -0.4 is 15.5 Å². The monoisotopic (exact) mass is 434 g/mol. The number of pyridine rings is 2. The second kappa shape index (κ2) is 8.04. The van der Waals surface area contributed by atoms with Crippen LogP contribution in [0.1, 0.15) is 28.7 Å². The first-order valence-corrected chi connectivity index (χ1v) is 10.3. The normalized spacial score (nSPS) is 21.4. The molecule has 162 valence electrons. The van der Waals surface area contributed by atoms with Gasteiger partial charge in [0.2, 0.25) is 5.91 Å². The maximum Gasteiger partial charge on any atom is 0.228 e. The Morgan fingerprint density at radius 2 is 2.09 bits per heavy atom. The Morgan fingerprint density at radius 1 is 1.25 bits per heavy atom. The smallest absolute Gasteiger partial charge is 0.228 e. The lowest BCUT2D eigenvalue weighted by molar-refractivity contribution is -0.117. The van der Waals surface area contributed by atoms with Crippen molar-refractivity contribution >= 4 is 34.1 Å². The van der Waals surface area contributed by atoms with E-state index in [2.05, 4.69) is 42.6 Å². The number of halogens is 1. The highest BCUT2D eigenvalue weighted by molar-refractivity contribution is 5.97. The molecule has 3 aromatic rings. The minimum Gasteiger partial charge on any atom is -0.371 e. The van der Waals surface area contributed by atoms with Crippen molar-refractivity contribution in [2.75, 3.05) is 35.6 Å². The Balaban J connectivity index is 1.46. The van der Waals surface area contributed by atoms with Gasteiger partial charge in [0.15, 0.2) is 11.6 Å². The highest BCUT2D eigenvalue weighted by Crippen LogP contribution is 2.38. The van der Waals surface area contributed by atoms with Gasteiger partial charge in [0.25, 0.3) is 0 Å². The highest BCUT2D eigenvalue weighted by atomic mass is 19.1. The first-order chi connectivity index (χ1) is 16.7. The van der Waals surface area contributed by atoms with E-state index in [9.17, 15) is 9.18 Å². The zero-order chi connectivity index (χ0) is 24.7. The van der Waals surface area contributed by atoms with Crippen LogP contribution >= 0.6 is 0 Å². The molecule has 1 saturated carbocycles. The van der Waals surface area contributed by atoms with Gasteiger partial charge >= 0.3 is 0 Å². The zero-order valence-electron chi connectivity index (χ0n) is 20.3. The molecule has 4 heterocycles. The zero-order valence-corrected chi connectivity index (χ0v) is 17.3. The Morgan fingerprint density at radius 3 is 2.78 bits per heavy atom. The molecule has 8 nitrogen and oxygen atoms in total. The molecule has 1 aliphatic heterocycles. The van der Waals surface area contributed by atoms with E-state index in [1.165, 1.54) is 6.20 Å². The second-order valence-corrected chi connectivity index (χ2v) is 8.10. The van der Waals surface area contributed by atoms with E-state index in [4.69, 9.17) is 4.11 Å². The lowest BCUT2D eigenvalue weighted by atomic mass is 10.1. The molecule has 0 radical (unpaired) electrons.